The van der Waals surface area contributed by atoms with Gasteiger partial charge in [-0.15, -0.1) is 0 Å². The highest BCUT2D eigenvalue weighted by Crippen LogP contribution is 2.26. The lowest BCUT2D eigenvalue weighted by molar-refractivity contribution is 0.0696. The zero-order chi connectivity index (χ0) is 14.8. The van der Waals surface area contributed by atoms with Gasteiger partial charge >= 0.3 is 5.97 Å². The van der Waals surface area contributed by atoms with Crippen molar-refractivity contribution in [2.75, 3.05) is 17.1 Å². The van der Waals surface area contributed by atoms with E-state index in [-0.39, 0.29) is 23.1 Å². The van der Waals surface area contributed by atoms with Crippen molar-refractivity contribution in [3.8, 4) is 5.75 Å². The molecule has 0 bridgehead atoms. The van der Waals surface area contributed by atoms with Crippen molar-refractivity contribution >= 4 is 21.7 Å². The van der Waals surface area contributed by atoms with Gasteiger partial charge < -0.3 is 14.9 Å². The van der Waals surface area contributed by atoms with Crippen LogP contribution in [0.15, 0.2) is 18.2 Å². The summed E-state index contributed by atoms with van der Waals surface area (Å²) in [6, 6.07) is 3.42. The third-order valence-corrected chi connectivity index (χ3v) is 4.28. The molecule has 1 fully saturated rings. The van der Waals surface area contributed by atoms with E-state index < -0.39 is 21.7 Å². The van der Waals surface area contributed by atoms with Crippen LogP contribution < -0.4 is 4.72 Å². The Morgan fingerprint density at radius 1 is 1.45 bits per heavy atom. The number of aromatic carboxylic acids is 1. The molecule has 0 radical (unpaired) electrons. The molecule has 1 aliphatic rings. The number of rotatable bonds is 5. The summed E-state index contributed by atoms with van der Waals surface area (Å²) >= 11 is 0. The molecule has 0 spiro atoms. The lowest BCUT2D eigenvalue weighted by Crippen LogP contribution is -2.25. The summed E-state index contributed by atoms with van der Waals surface area (Å²) in [7, 11) is -3.66. The second-order valence-corrected chi connectivity index (χ2v) is 6.32. The second kappa shape index (κ2) is 5.68. The third kappa shape index (κ3) is 3.61. The molecule has 1 aliphatic heterocycles. The Morgan fingerprint density at radius 3 is 2.75 bits per heavy atom. The molecule has 1 atom stereocenters. The molecule has 1 aromatic rings. The number of nitrogens with one attached hydrogen (secondary N) is 1. The molecule has 3 N–H and O–H groups in total. The number of phenolic OH excluding ortho intramolecular Hbond substituents is 1. The summed E-state index contributed by atoms with van der Waals surface area (Å²) in [5.41, 5.74) is -0.169. The van der Waals surface area contributed by atoms with Crippen LogP contribution in [0.4, 0.5) is 5.69 Å². The second-order valence-electron chi connectivity index (χ2n) is 4.56. The van der Waals surface area contributed by atoms with Crippen molar-refractivity contribution in [1.82, 2.24) is 0 Å². The minimum Gasteiger partial charge on any atom is -0.506 e. The Bertz CT molecular complexity index is 606. The van der Waals surface area contributed by atoms with Crippen LogP contribution in [0.25, 0.3) is 0 Å². The predicted molar refractivity (Wildman–Crippen MR) is 71.4 cm³/mol. The van der Waals surface area contributed by atoms with E-state index in [1.165, 1.54) is 12.1 Å². The van der Waals surface area contributed by atoms with Gasteiger partial charge in [0.1, 0.15) is 5.75 Å². The van der Waals surface area contributed by atoms with E-state index in [4.69, 9.17) is 9.84 Å². The van der Waals surface area contributed by atoms with Crippen LogP contribution in [-0.4, -0.2) is 43.1 Å². The van der Waals surface area contributed by atoms with Crippen LogP contribution >= 0.6 is 0 Å². The fourth-order valence-electron chi connectivity index (χ4n) is 1.98. The number of benzene rings is 1. The fraction of sp³-hybridized carbons (Fsp3) is 0.417. The molecule has 20 heavy (non-hydrogen) atoms. The number of hydrogen-bond acceptors (Lipinski definition) is 5. The van der Waals surface area contributed by atoms with Crippen molar-refractivity contribution in [3.05, 3.63) is 23.8 Å². The van der Waals surface area contributed by atoms with Gasteiger partial charge in [0, 0.05) is 6.61 Å². The van der Waals surface area contributed by atoms with Crippen LogP contribution in [0.1, 0.15) is 23.2 Å². The van der Waals surface area contributed by atoms with Gasteiger partial charge in [-0.3, -0.25) is 4.72 Å². The molecule has 0 amide bonds. The topological polar surface area (TPSA) is 113 Å². The number of carboxylic acids is 1. The first-order chi connectivity index (χ1) is 9.37. The first kappa shape index (κ1) is 14.6. The number of sulfonamides is 1. The largest absolute Gasteiger partial charge is 0.506 e. The first-order valence-electron chi connectivity index (χ1n) is 6.06. The number of carbonyl (C=O) groups is 1. The molecule has 1 saturated heterocycles. The normalized spacial score (nSPS) is 18.9. The van der Waals surface area contributed by atoms with Crippen LogP contribution in [-0.2, 0) is 14.8 Å². The molecular weight excluding hydrogens is 286 g/mol. The standard InChI is InChI=1S/C12H15NO6S/c14-11-6-8(12(15)16)3-4-10(11)13-20(17,18)7-9-2-1-5-19-9/h3-4,6,9,13-14H,1-2,5,7H2,(H,15,16). The maximum Gasteiger partial charge on any atom is 0.335 e. The number of carboxylic acid groups (broad SMARTS) is 1. The molecule has 0 saturated carbocycles. The maximum absolute atomic E-state index is 11.9. The maximum atomic E-state index is 11.9. The van der Waals surface area contributed by atoms with E-state index in [2.05, 4.69) is 4.72 Å². The summed E-state index contributed by atoms with van der Waals surface area (Å²) in [5.74, 6) is -1.82. The number of aromatic hydroxyl groups is 1. The van der Waals surface area contributed by atoms with Crippen molar-refractivity contribution in [2.45, 2.75) is 18.9 Å². The van der Waals surface area contributed by atoms with Crippen LogP contribution in [0.3, 0.4) is 0 Å². The van der Waals surface area contributed by atoms with Crippen molar-refractivity contribution in [2.24, 2.45) is 0 Å². The Morgan fingerprint density at radius 2 is 2.20 bits per heavy atom. The van der Waals surface area contributed by atoms with Crippen molar-refractivity contribution in [3.63, 3.8) is 0 Å². The lowest BCUT2D eigenvalue weighted by Gasteiger charge is -2.13. The predicted octanol–water partition coefficient (Wildman–Crippen LogP) is 1.01. The Balaban J connectivity index is 2.10. The van der Waals surface area contributed by atoms with Gasteiger partial charge in [0.15, 0.2) is 0 Å². The number of hydrogen-bond donors (Lipinski definition) is 3. The van der Waals surface area contributed by atoms with Gasteiger partial charge in [0.25, 0.3) is 0 Å². The van der Waals surface area contributed by atoms with Crippen molar-refractivity contribution < 1.29 is 28.2 Å². The molecule has 1 heterocycles. The van der Waals surface area contributed by atoms with Gasteiger partial charge in [0.2, 0.25) is 10.0 Å². The fourth-order valence-corrected chi connectivity index (χ4v) is 3.32. The van der Waals surface area contributed by atoms with Gasteiger partial charge in [0.05, 0.1) is 23.1 Å². The summed E-state index contributed by atoms with van der Waals surface area (Å²) in [6.45, 7) is 0.554. The van der Waals surface area contributed by atoms with Crippen LogP contribution in [0, 0.1) is 0 Å². The van der Waals surface area contributed by atoms with E-state index >= 15 is 0 Å². The number of anilines is 1. The van der Waals surface area contributed by atoms with Gasteiger partial charge in [-0.2, -0.15) is 0 Å². The zero-order valence-electron chi connectivity index (χ0n) is 10.6. The molecule has 1 aromatic carbocycles. The van der Waals surface area contributed by atoms with E-state index in [0.29, 0.717) is 13.0 Å². The first-order valence-corrected chi connectivity index (χ1v) is 7.71. The highest BCUT2D eigenvalue weighted by molar-refractivity contribution is 7.92. The van der Waals surface area contributed by atoms with E-state index in [0.717, 1.165) is 12.5 Å². The lowest BCUT2D eigenvalue weighted by atomic mass is 10.2. The number of ether oxygens (including phenoxy) is 1. The molecule has 1 unspecified atom stereocenters. The Labute approximate surface area is 116 Å². The Hall–Kier alpha value is -1.80. The van der Waals surface area contributed by atoms with E-state index in [1.807, 2.05) is 0 Å². The van der Waals surface area contributed by atoms with Crippen molar-refractivity contribution in [1.29, 1.82) is 0 Å². The molecule has 7 nitrogen and oxygen atoms in total. The molecule has 110 valence electrons. The third-order valence-electron chi connectivity index (χ3n) is 2.94. The van der Waals surface area contributed by atoms with Crippen LogP contribution in [0.2, 0.25) is 0 Å². The average Bonchev–Trinajstić information content (AvgIpc) is 2.83. The van der Waals surface area contributed by atoms with Gasteiger partial charge in [-0.1, -0.05) is 0 Å². The highest BCUT2D eigenvalue weighted by Gasteiger charge is 2.24. The van der Waals surface area contributed by atoms with Gasteiger partial charge in [-0.05, 0) is 31.0 Å². The quantitative estimate of drug-likeness (QED) is 0.700. The van der Waals surface area contributed by atoms with E-state index in [1.54, 1.807) is 0 Å². The number of phenols is 1. The SMILES string of the molecule is O=C(O)c1ccc(NS(=O)(=O)CC2CCCO2)c(O)c1. The summed E-state index contributed by atoms with van der Waals surface area (Å²) in [6.07, 6.45) is 1.18. The molecule has 2 rings (SSSR count). The average molecular weight is 301 g/mol. The van der Waals surface area contributed by atoms with Crippen LogP contribution in [0.5, 0.6) is 5.75 Å². The van der Waals surface area contributed by atoms with Gasteiger partial charge in [-0.25, -0.2) is 13.2 Å². The Kier molecular flexibility index (Phi) is 4.15. The molecule has 0 aromatic heterocycles. The minimum absolute atomic E-state index is 0.0482. The molecule has 8 heteroatoms. The molecular formula is C12H15NO6S. The summed E-state index contributed by atoms with van der Waals surface area (Å²) in [5, 5.41) is 18.4. The molecule has 0 aliphatic carbocycles. The summed E-state index contributed by atoms with van der Waals surface area (Å²) in [4.78, 5) is 10.7. The minimum atomic E-state index is -3.66. The highest BCUT2D eigenvalue weighted by atomic mass is 32.2. The smallest absolute Gasteiger partial charge is 0.335 e. The monoisotopic (exact) mass is 301 g/mol. The summed E-state index contributed by atoms with van der Waals surface area (Å²) < 4.78 is 31.3. The van der Waals surface area contributed by atoms with E-state index in [9.17, 15) is 18.3 Å². The zero-order valence-corrected chi connectivity index (χ0v) is 11.4.